The molecule has 2 heteroatoms. The van der Waals surface area contributed by atoms with Gasteiger partial charge in [-0.05, 0) is 18.4 Å². The predicted molar refractivity (Wildman–Crippen MR) is 62.6 cm³/mol. The smallest absolute Gasteiger partial charge is 0.122 e. The molecule has 15 heavy (non-hydrogen) atoms. The van der Waals surface area contributed by atoms with Crippen LogP contribution in [0.3, 0.4) is 0 Å². The molecule has 0 fully saturated rings. The number of aliphatic hydroxyl groups is 1. The molecule has 1 unspecified atom stereocenters. The van der Waals surface area contributed by atoms with Crippen LogP contribution in [0.15, 0.2) is 30.3 Å². The molecule has 0 aliphatic heterocycles. The second-order valence-corrected chi connectivity index (χ2v) is 4.11. The summed E-state index contributed by atoms with van der Waals surface area (Å²) in [4.78, 5) is 0. The monoisotopic (exact) mass is 206 g/mol. The number of hydrogen-bond acceptors (Lipinski definition) is 2. The number of phenolic OH excluding ortho intramolecular Hbond substituents is 1. The number of rotatable bonds is 4. The molecule has 0 saturated carbocycles. The Kier molecular flexibility index (Phi) is 4.37. The lowest BCUT2D eigenvalue weighted by Crippen LogP contribution is -2.05. The summed E-state index contributed by atoms with van der Waals surface area (Å²) in [5.41, 5.74) is 0.736. The normalized spacial score (nSPS) is 13.6. The van der Waals surface area contributed by atoms with Crippen molar-refractivity contribution in [2.45, 2.75) is 26.4 Å². The maximum atomic E-state index is 9.60. The van der Waals surface area contributed by atoms with Crippen molar-refractivity contribution in [1.29, 1.82) is 0 Å². The van der Waals surface area contributed by atoms with Gasteiger partial charge in [-0.3, -0.25) is 0 Å². The second kappa shape index (κ2) is 5.56. The Labute approximate surface area is 90.9 Å². The summed E-state index contributed by atoms with van der Waals surface area (Å²) in [6.45, 7) is 4.13. The van der Waals surface area contributed by atoms with Crippen LogP contribution in [-0.4, -0.2) is 16.3 Å². The Balaban J connectivity index is 2.61. The van der Waals surface area contributed by atoms with E-state index in [0.29, 0.717) is 5.92 Å². The first-order chi connectivity index (χ1) is 7.09. The minimum absolute atomic E-state index is 0.241. The average Bonchev–Trinajstić information content (AvgIpc) is 2.15. The fraction of sp³-hybridized carbons (Fsp3) is 0.385. The molecule has 0 aromatic heterocycles. The third-order valence-corrected chi connectivity index (χ3v) is 2.15. The minimum atomic E-state index is -0.440. The lowest BCUT2D eigenvalue weighted by Gasteiger charge is -2.08. The van der Waals surface area contributed by atoms with Gasteiger partial charge in [-0.15, -0.1) is 0 Å². The van der Waals surface area contributed by atoms with Crippen molar-refractivity contribution in [3.63, 3.8) is 0 Å². The number of hydrogen-bond donors (Lipinski definition) is 2. The first-order valence-electron chi connectivity index (χ1n) is 5.24. The second-order valence-electron chi connectivity index (χ2n) is 4.11. The molecule has 1 aromatic carbocycles. The number of aliphatic hydroxyl groups excluding tert-OH is 1. The summed E-state index contributed by atoms with van der Waals surface area (Å²) >= 11 is 0. The molecule has 0 aliphatic carbocycles. The van der Waals surface area contributed by atoms with Gasteiger partial charge in [-0.25, -0.2) is 0 Å². The molecule has 0 saturated heterocycles. The van der Waals surface area contributed by atoms with Crippen LogP contribution >= 0.6 is 0 Å². The van der Waals surface area contributed by atoms with Gasteiger partial charge in [-0.2, -0.15) is 0 Å². The standard InChI is InChI=1S/C13H18O2/c1-10(2)9-12(14)8-7-11-5-3-4-6-13(11)15/h3-8,10,12,14-15H,9H2,1-2H3/b8-7-. The van der Waals surface area contributed by atoms with Gasteiger partial charge in [0.2, 0.25) is 0 Å². The highest BCUT2D eigenvalue weighted by Gasteiger charge is 2.02. The van der Waals surface area contributed by atoms with Crippen molar-refractivity contribution in [2.75, 3.05) is 0 Å². The van der Waals surface area contributed by atoms with Crippen molar-refractivity contribution in [1.82, 2.24) is 0 Å². The molecule has 0 radical (unpaired) electrons. The van der Waals surface area contributed by atoms with Crippen molar-refractivity contribution in [3.8, 4) is 5.75 Å². The largest absolute Gasteiger partial charge is 0.507 e. The van der Waals surface area contributed by atoms with Crippen LogP contribution < -0.4 is 0 Å². The lowest BCUT2D eigenvalue weighted by molar-refractivity contribution is 0.195. The fourth-order valence-electron chi connectivity index (χ4n) is 1.40. The van der Waals surface area contributed by atoms with Crippen LogP contribution in [0.2, 0.25) is 0 Å². The van der Waals surface area contributed by atoms with E-state index in [0.717, 1.165) is 12.0 Å². The molecular formula is C13H18O2. The zero-order chi connectivity index (χ0) is 11.3. The van der Waals surface area contributed by atoms with E-state index in [1.165, 1.54) is 0 Å². The van der Waals surface area contributed by atoms with E-state index in [4.69, 9.17) is 0 Å². The molecule has 0 bridgehead atoms. The van der Waals surface area contributed by atoms with Gasteiger partial charge in [0.1, 0.15) is 5.75 Å². The van der Waals surface area contributed by atoms with Crippen LogP contribution in [0.1, 0.15) is 25.8 Å². The van der Waals surface area contributed by atoms with Gasteiger partial charge in [0, 0.05) is 5.56 Å². The number of aromatic hydroxyl groups is 1. The minimum Gasteiger partial charge on any atom is -0.507 e. The molecule has 2 N–H and O–H groups in total. The highest BCUT2D eigenvalue weighted by atomic mass is 16.3. The molecule has 0 spiro atoms. The summed E-state index contributed by atoms with van der Waals surface area (Å²) in [6.07, 6.45) is 3.77. The highest BCUT2D eigenvalue weighted by Crippen LogP contribution is 2.17. The number of phenols is 1. The summed E-state index contributed by atoms with van der Waals surface area (Å²) in [5.74, 6) is 0.708. The number of para-hydroxylation sites is 1. The molecule has 0 amide bonds. The zero-order valence-electron chi connectivity index (χ0n) is 9.22. The topological polar surface area (TPSA) is 40.5 Å². The van der Waals surface area contributed by atoms with E-state index in [9.17, 15) is 10.2 Å². The van der Waals surface area contributed by atoms with Crippen LogP contribution in [-0.2, 0) is 0 Å². The molecule has 0 heterocycles. The van der Waals surface area contributed by atoms with Crippen LogP contribution in [0.5, 0.6) is 5.75 Å². The van der Waals surface area contributed by atoms with Crippen molar-refractivity contribution >= 4 is 6.08 Å². The van der Waals surface area contributed by atoms with Crippen molar-refractivity contribution < 1.29 is 10.2 Å². The predicted octanol–water partition coefficient (Wildman–Crippen LogP) is 2.81. The zero-order valence-corrected chi connectivity index (χ0v) is 9.22. The van der Waals surface area contributed by atoms with Gasteiger partial charge < -0.3 is 10.2 Å². The Bertz CT molecular complexity index is 329. The van der Waals surface area contributed by atoms with Crippen molar-refractivity contribution in [3.05, 3.63) is 35.9 Å². The number of benzene rings is 1. The summed E-state index contributed by atoms with van der Waals surface area (Å²) in [7, 11) is 0. The first kappa shape index (κ1) is 11.8. The van der Waals surface area contributed by atoms with Crippen LogP contribution in [0.4, 0.5) is 0 Å². The summed E-state index contributed by atoms with van der Waals surface area (Å²) < 4.78 is 0. The van der Waals surface area contributed by atoms with Gasteiger partial charge >= 0.3 is 0 Å². The Hall–Kier alpha value is -1.28. The first-order valence-corrected chi connectivity index (χ1v) is 5.24. The van der Waals surface area contributed by atoms with Gasteiger partial charge in [0.15, 0.2) is 0 Å². The van der Waals surface area contributed by atoms with Crippen LogP contribution in [0.25, 0.3) is 6.08 Å². The molecular weight excluding hydrogens is 188 g/mol. The van der Waals surface area contributed by atoms with E-state index in [-0.39, 0.29) is 5.75 Å². The molecule has 1 aromatic rings. The highest BCUT2D eigenvalue weighted by molar-refractivity contribution is 5.56. The third kappa shape index (κ3) is 4.17. The van der Waals surface area contributed by atoms with E-state index in [1.807, 2.05) is 12.1 Å². The Morgan fingerprint density at radius 3 is 2.53 bits per heavy atom. The fourth-order valence-corrected chi connectivity index (χ4v) is 1.40. The summed E-state index contributed by atoms with van der Waals surface area (Å²) in [6, 6.07) is 7.08. The molecule has 1 rings (SSSR count). The Morgan fingerprint density at radius 2 is 1.93 bits per heavy atom. The molecule has 2 nitrogen and oxygen atoms in total. The molecule has 82 valence electrons. The maximum absolute atomic E-state index is 9.60. The SMILES string of the molecule is CC(C)CC(O)/C=C\c1ccccc1O. The molecule has 0 aliphatic rings. The van der Waals surface area contributed by atoms with E-state index >= 15 is 0 Å². The lowest BCUT2D eigenvalue weighted by atomic mass is 10.0. The van der Waals surface area contributed by atoms with Crippen molar-refractivity contribution in [2.24, 2.45) is 5.92 Å². The van der Waals surface area contributed by atoms with Gasteiger partial charge in [-0.1, -0.05) is 44.2 Å². The summed E-state index contributed by atoms with van der Waals surface area (Å²) in [5, 5.41) is 19.1. The molecule has 1 atom stereocenters. The van der Waals surface area contributed by atoms with Gasteiger partial charge in [0.05, 0.1) is 6.10 Å². The quantitative estimate of drug-likeness (QED) is 0.795. The van der Waals surface area contributed by atoms with Gasteiger partial charge in [0.25, 0.3) is 0 Å². The van der Waals surface area contributed by atoms with E-state index < -0.39 is 6.10 Å². The average molecular weight is 206 g/mol. The maximum Gasteiger partial charge on any atom is 0.122 e. The third-order valence-electron chi connectivity index (χ3n) is 2.15. The van der Waals surface area contributed by atoms with E-state index in [2.05, 4.69) is 13.8 Å². The Morgan fingerprint density at radius 1 is 1.27 bits per heavy atom. The van der Waals surface area contributed by atoms with E-state index in [1.54, 1.807) is 24.3 Å². The van der Waals surface area contributed by atoms with Crippen LogP contribution in [0, 0.1) is 5.92 Å².